The molecule has 106 valence electrons. The molecule has 0 saturated heterocycles. The van der Waals surface area contributed by atoms with Gasteiger partial charge in [-0.25, -0.2) is 4.39 Å². The van der Waals surface area contributed by atoms with E-state index in [9.17, 15) is 9.50 Å². The van der Waals surface area contributed by atoms with Gasteiger partial charge in [-0.1, -0.05) is 18.9 Å². The predicted molar refractivity (Wildman–Crippen MR) is 70.7 cm³/mol. The molecule has 0 bridgehead atoms. The molecule has 19 heavy (non-hydrogen) atoms. The van der Waals surface area contributed by atoms with Crippen molar-refractivity contribution in [2.45, 2.75) is 44.3 Å². The van der Waals surface area contributed by atoms with Crippen molar-refractivity contribution in [1.29, 1.82) is 0 Å². The highest BCUT2D eigenvalue weighted by Gasteiger charge is 2.42. The lowest BCUT2D eigenvalue weighted by Crippen LogP contribution is -2.36. The maximum absolute atomic E-state index is 13.7. The Labute approximate surface area is 113 Å². The van der Waals surface area contributed by atoms with Crippen LogP contribution in [0.2, 0.25) is 0 Å². The van der Waals surface area contributed by atoms with Gasteiger partial charge in [-0.3, -0.25) is 0 Å². The summed E-state index contributed by atoms with van der Waals surface area (Å²) in [7, 11) is 1.42. The maximum Gasteiger partial charge on any atom is 0.165 e. The Bertz CT molecular complexity index is 427. The van der Waals surface area contributed by atoms with Gasteiger partial charge in [-0.2, -0.15) is 0 Å². The van der Waals surface area contributed by atoms with E-state index < -0.39 is 17.5 Å². The van der Waals surface area contributed by atoms with Crippen LogP contribution in [-0.4, -0.2) is 24.4 Å². The molecule has 0 aromatic heterocycles. The fourth-order valence-electron chi connectivity index (χ4n) is 2.91. The number of benzene rings is 1. The molecular weight excluding hydrogens is 247 g/mol. The van der Waals surface area contributed by atoms with Gasteiger partial charge in [-0.05, 0) is 37.5 Å². The molecule has 0 heterocycles. The maximum atomic E-state index is 13.7. The quantitative estimate of drug-likeness (QED) is 0.891. The number of halogens is 1. The summed E-state index contributed by atoms with van der Waals surface area (Å²) in [6.45, 7) is 2.47. The van der Waals surface area contributed by atoms with Crippen LogP contribution in [0.5, 0.6) is 5.75 Å². The van der Waals surface area contributed by atoms with E-state index in [2.05, 4.69) is 0 Å². The third-order valence-corrected chi connectivity index (χ3v) is 3.87. The molecule has 1 aliphatic rings. The normalized spacial score (nSPS) is 19.4. The molecule has 0 radical (unpaired) electrons. The Balaban J connectivity index is 2.26. The first-order chi connectivity index (χ1) is 9.13. The molecular formula is C15H21FO3. The Kier molecular flexibility index (Phi) is 4.42. The van der Waals surface area contributed by atoms with E-state index >= 15 is 0 Å². The minimum absolute atomic E-state index is 0.188. The van der Waals surface area contributed by atoms with E-state index in [0.29, 0.717) is 12.2 Å². The van der Waals surface area contributed by atoms with Crippen LogP contribution in [0.4, 0.5) is 4.39 Å². The molecule has 0 spiro atoms. The molecule has 1 aromatic rings. The first-order valence-corrected chi connectivity index (χ1v) is 6.78. The van der Waals surface area contributed by atoms with Crippen molar-refractivity contribution < 1.29 is 19.0 Å². The molecule has 1 aliphatic carbocycles. The molecule has 1 saturated carbocycles. The van der Waals surface area contributed by atoms with Crippen molar-refractivity contribution in [3.05, 3.63) is 29.6 Å². The first kappa shape index (κ1) is 14.3. The highest BCUT2D eigenvalue weighted by Crippen LogP contribution is 2.43. The van der Waals surface area contributed by atoms with E-state index in [1.54, 1.807) is 12.1 Å². The SMILES string of the molecule is CCOC1(C(O)c2ccc(OC)c(F)c2)CCCC1. The first-order valence-electron chi connectivity index (χ1n) is 6.78. The molecule has 1 atom stereocenters. The van der Waals surface area contributed by atoms with Crippen molar-refractivity contribution >= 4 is 0 Å². The standard InChI is InChI=1S/C15H21FO3/c1-3-19-15(8-4-5-9-15)14(17)11-6-7-13(18-2)12(16)10-11/h6-7,10,14,17H,3-5,8-9H2,1-2H3. The Morgan fingerprint density at radius 2 is 2.05 bits per heavy atom. The third kappa shape index (κ3) is 2.74. The Morgan fingerprint density at radius 1 is 1.37 bits per heavy atom. The van der Waals surface area contributed by atoms with Crippen molar-refractivity contribution in [3.63, 3.8) is 0 Å². The van der Waals surface area contributed by atoms with Gasteiger partial charge in [0.05, 0.1) is 12.7 Å². The molecule has 1 fully saturated rings. The van der Waals surface area contributed by atoms with E-state index in [0.717, 1.165) is 25.7 Å². The van der Waals surface area contributed by atoms with Gasteiger partial charge in [0.25, 0.3) is 0 Å². The van der Waals surface area contributed by atoms with Gasteiger partial charge >= 0.3 is 0 Å². The van der Waals surface area contributed by atoms with Crippen LogP contribution in [0.25, 0.3) is 0 Å². The predicted octanol–water partition coefficient (Wildman–Crippen LogP) is 3.22. The van der Waals surface area contributed by atoms with E-state index in [1.807, 2.05) is 6.92 Å². The molecule has 1 N–H and O–H groups in total. The van der Waals surface area contributed by atoms with Gasteiger partial charge in [0.15, 0.2) is 11.6 Å². The molecule has 4 heteroatoms. The molecule has 1 unspecified atom stereocenters. The minimum atomic E-state index is -0.796. The molecule has 0 amide bonds. The van der Waals surface area contributed by atoms with Gasteiger partial charge in [-0.15, -0.1) is 0 Å². The second kappa shape index (κ2) is 5.88. The molecule has 0 aliphatic heterocycles. The van der Waals surface area contributed by atoms with Crippen LogP contribution >= 0.6 is 0 Å². The van der Waals surface area contributed by atoms with Gasteiger partial charge in [0, 0.05) is 6.61 Å². The summed E-state index contributed by atoms with van der Waals surface area (Å²) in [4.78, 5) is 0. The van der Waals surface area contributed by atoms with E-state index in [-0.39, 0.29) is 5.75 Å². The summed E-state index contributed by atoms with van der Waals surface area (Å²) in [6.07, 6.45) is 2.91. The van der Waals surface area contributed by atoms with Gasteiger partial charge < -0.3 is 14.6 Å². The lowest BCUT2D eigenvalue weighted by molar-refractivity contribution is -0.118. The summed E-state index contributed by atoms with van der Waals surface area (Å²) in [5.41, 5.74) is -0.0101. The fourth-order valence-corrected chi connectivity index (χ4v) is 2.91. The highest BCUT2D eigenvalue weighted by molar-refractivity contribution is 5.31. The number of ether oxygens (including phenoxy) is 2. The highest BCUT2D eigenvalue weighted by atomic mass is 19.1. The third-order valence-electron chi connectivity index (χ3n) is 3.87. The summed E-state index contributed by atoms with van der Waals surface area (Å²) in [5, 5.41) is 10.6. The summed E-state index contributed by atoms with van der Waals surface area (Å²) in [6, 6.07) is 4.58. The van der Waals surface area contributed by atoms with Gasteiger partial charge in [0.1, 0.15) is 6.10 Å². The van der Waals surface area contributed by atoms with E-state index in [4.69, 9.17) is 9.47 Å². The second-order valence-corrected chi connectivity index (χ2v) is 5.00. The zero-order valence-corrected chi connectivity index (χ0v) is 11.5. The summed E-state index contributed by atoms with van der Waals surface area (Å²) >= 11 is 0. The van der Waals surface area contributed by atoms with Crippen LogP contribution in [-0.2, 0) is 4.74 Å². The average Bonchev–Trinajstić information content (AvgIpc) is 2.88. The van der Waals surface area contributed by atoms with Crippen LogP contribution < -0.4 is 4.74 Å². The van der Waals surface area contributed by atoms with Crippen LogP contribution in [0.15, 0.2) is 18.2 Å². The topological polar surface area (TPSA) is 38.7 Å². The number of hydrogen-bond acceptors (Lipinski definition) is 3. The van der Waals surface area contributed by atoms with Crippen LogP contribution in [0.3, 0.4) is 0 Å². The van der Waals surface area contributed by atoms with Crippen molar-refractivity contribution in [1.82, 2.24) is 0 Å². The van der Waals surface area contributed by atoms with Crippen molar-refractivity contribution in [2.24, 2.45) is 0 Å². The minimum Gasteiger partial charge on any atom is -0.494 e. The smallest absolute Gasteiger partial charge is 0.165 e. The average molecular weight is 268 g/mol. The fraction of sp³-hybridized carbons (Fsp3) is 0.600. The molecule has 2 rings (SSSR count). The zero-order chi connectivity index (χ0) is 13.9. The van der Waals surface area contributed by atoms with Gasteiger partial charge in [0.2, 0.25) is 0 Å². The van der Waals surface area contributed by atoms with E-state index in [1.165, 1.54) is 13.2 Å². The number of aliphatic hydroxyl groups is 1. The molecule has 1 aromatic carbocycles. The summed E-state index contributed by atoms with van der Waals surface area (Å²) in [5.74, 6) is -0.267. The Hall–Kier alpha value is -1.13. The zero-order valence-electron chi connectivity index (χ0n) is 11.5. The van der Waals surface area contributed by atoms with Crippen molar-refractivity contribution in [2.75, 3.05) is 13.7 Å². The van der Waals surface area contributed by atoms with Crippen LogP contribution in [0, 0.1) is 5.82 Å². The van der Waals surface area contributed by atoms with Crippen molar-refractivity contribution in [3.8, 4) is 5.75 Å². The lowest BCUT2D eigenvalue weighted by atomic mass is 9.89. The van der Waals surface area contributed by atoms with Crippen LogP contribution in [0.1, 0.15) is 44.3 Å². The second-order valence-electron chi connectivity index (χ2n) is 5.00. The summed E-state index contributed by atoms with van der Waals surface area (Å²) < 4.78 is 24.4. The largest absolute Gasteiger partial charge is 0.494 e. The number of rotatable bonds is 5. The Morgan fingerprint density at radius 3 is 2.58 bits per heavy atom. The number of aliphatic hydroxyl groups excluding tert-OH is 1. The lowest BCUT2D eigenvalue weighted by Gasteiger charge is -2.34. The number of methoxy groups -OCH3 is 1. The number of hydrogen-bond donors (Lipinski definition) is 1. The molecule has 3 nitrogen and oxygen atoms in total. The monoisotopic (exact) mass is 268 g/mol.